The lowest BCUT2D eigenvalue weighted by molar-refractivity contribution is -0.137. The standard InChI is InChI=1S/C26H32N2O5/c1-3-9-17(15-24(29)30)27-25(31)23(10-4-2)28-26(32)33-16-22-20-13-7-5-11-18(20)19-12-6-8-14-21(19)22/h5-8,11-14,17,22-23H,3-4,9-10,15-16H2,1-2H3,(H,27,31)(H,28,32)(H,29,30)/t17?,23-/m1/s1. The number of hydrogen-bond donors (Lipinski definition) is 3. The average molecular weight is 453 g/mol. The lowest BCUT2D eigenvalue weighted by Gasteiger charge is -2.22. The molecule has 176 valence electrons. The molecule has 7 heteroatoms. The van der Waals surface area contributed by atoms with Gasteiger partial charge in [0, 0.05) is 12.0 Å². The second-order valence-electron chi connectivity index (χ2n) is 8.40. The number of rotatable bonds is 11. The van der Waals surface area contributed by atoms with E-state index in [0.717, 1.165) is 28.7 Å². The van der Waals surface area contributed by atoms with Crippen LogP contribution in [0.3, 0.4) is 0 Å². The molecule has 1 aliphatic rings. The molecule has 2 atom stereocenters. The first-order chi connectivity index (χ1) is 15.9. The van der Waals surface area contributed by atoms with Gasteiger partial charge in [-0.25, -0.2) is 4.79 Å². The highest BCUT2D eigenvalue weighted by atomic mass is 16.5. The van der Waals surface area contributed by atoms with Gasteiger partial charge in [0.15, 0.2) is 0 Å². The van der Waals surface area contributed by atoms with Gasteiger partial charge in [0.05, 0.1) is 6.42 Å². The fraction of sp³-hybridized carbons (Fsp3) is 0.423. The third-order valence-corrected chi connectivity index (χ3v) is 5.93. The maximum absolute atomic E-state index is 12.7. The summed E-state index contributed by atoms with van der Waals surface area (Å²) in [5.41, 5.74) is 4.52. The van der Waals surface area contributed by atoms with Gasteiger partial charge in [0.25, 0.3) is 0 Å². The van der Waals surface area contributed by atoms with Crippen LogP contribution < -0.4 is 10.6 Å². The van der Waals surface area contributed by atoms with Crippen molar-refractivity contribution in [1.29, 1.82) is 0 Å². The number of nitrogens with one attached hydrogen (secondary N) is 2. The normalized spacial score (nSPS) is 14.0. The van der Waals surface area contributed by atoms with Crippen molar-refractivity contribution in [2.24, 2.45) is 0 Å². The Balaban J connectivity index is 1.62. The third-order valence-electron chi connectivity index (χ3n) is 5.93. The Labute approximate surface area is 194 Å². The molecule has 0 fully saturated rings. The van der Waals surface area contributed by atoms with E-state index in [1.165, 1.54) is 0 Å². The number of carboxylic acids is 1. The van der Waals surface area contributed by atoms with Crippen LogP contribution in [0.2, 0.25) is 0 Å². The Kier molecular flexibility index (Phi) is 8.46. The number of carboxylic acid groups (broad SMARTS) is 1. The van der Waals surface area contributed by atoms with E-state index in [1.807, 2.05) is 50.2 Å². The number of hydrogen-bond acceptors (Lipinski definition) is 4. The molecule has 7 nitrogen and oxygen atoms in total. The van der Waals surface area contributed by atoms with Crippen LogP contribution in [0.1, 0.15) is 63.0 Å². The predicted molar refractivity (Wildman–Crippen MR) is 126 cm³/mol. The SMILES string of the molecule is CCCC(CC(=O)O)NC(=O)[C@@H](CCC)NC(=O)OCC1c2ccccc2-c2ccccc21. The summed E-state index contributed by atoms with van der Waals surface area (Å²) in [5.74, 6) is -1.42. The molecule has 0 bridgehead atoms. The summed E-state index contributed by atoms with van der Waals surface area (Å²) in [6.07, 6.45) is 1.61. The molecule has 33 heavy (non-hydrogen) atoms. The van der Waals surface area contributed by atoms with Crippen molar-refractivity contribution in [2.75, 3.05) is 6.61 Å². The number of carbonyl (C=O) groups excluding carboxylic acids is 2. The molecule has 1 unspecified atom stereocenters. The van der Waals surface area contributed by atoms with Crippen molar-refractivity contribution in [2.45, 2.75) is 64.0 Å². The maximum Gasteiger partial charge on any atom is 0.407 e. The zero-order chi connectivity index (χ0) is 23.8. The summed E-state index contributed by atoms with van der Waals surface area (Å²) >= 11 is 0. The van der Waals surface area contributed by atoms with Gasteiger partial charge in [0.2, 0.25) is 5.91 Å². The minimum absolute atomic E-state index is 0.0638. The van der Waals surface area contributed by atoms with E-state index in [1.54, 1.807) is 0 Å². The van der Waals surface area contributed by atoms with Crippen molar-refractivity contribution in [3.63, 3.8) is 0 Å². The van der Waals surface area contributed by atoms with Crippen molar-refractivity contribution in [1.82, 2.24) is 10.6 Å². The molecular weight excluding hydrogens is 420 g/mol. The molecule has 3 N–H and O–H groups in total. The van der Waals surface area contributed by atoms with Crippen LogP contribution in [-0.2, 0) is 14.3 Å². The molecule has 1 aliphatic carbocycles. The zero-order valence-electron chi connectivity index (χ0n) is 19.2. The fourth-order valence-corrected chi connectivity index (χ4v) is 4.43. The number of ether oxygens (including phenoxy) is 1. The van der Waals surface area contributed by atoms with Crippen molar-refractivity contribution in [3.8, 4) is 11.1 Å². The highest BCUT2D eigenvalue weighted by Crippen LogP contribution is 2.44. The molecule has 0 aliphatic heterocycles. The molecule has 2 aromatic carbocycles. The second-order valence-corrected chi connectivity index (χ2v) is 8.40. The summed E-state index contributed by atoms with van der Waals surface area (Å²) < 4.78 is 5.56. The summed E-state index contributed by atoms with van der Waals surface area (Å²) in [6, 6.07) is 14.9. The number of fused-ring (bicyclic) bond motifs is 3. The maximum atomic E-state index is 12.7. The van der Waals surface area contributed by atoms with Crippen molar-refractivity contribution < 1.29 is 24.2 Å². The molecule has 0 heterocycles. The summed E-state index contributed by atoms with van der Waals surface area (Å²) in [4.78, 5) is 36.4. The van der Waals surface area contributed by atoms with Crippen LogP contribution in [0.15, 0.2) is 48.5 Å². The Bertz CT molecular complexity index is 945. The summed E-state index contributed by atoms with van der Waals surface area (Å²) in [6.45, 7) is 4.01. The lowest BCUT2D eigenvalue weighted by Crippen LogP contribution is -2.50. The molecule has 2 amide bonds. The van der Waals surface area contributed by atoms with Gasteiger partial charge in [-0.2, -0.15) is 0 Å². The van der Waals surface area contributed by atoms with E-state index in [9.17, 15) is 14.4 Å². The van der Waals surface area contributed by atoms with Crippen LogP contribution in [-0.4, -0.2) is 41.8 Å². The third kappa shape index (κ3) is 6.12. The first-order valence-electron chi connectivity index (χ1n) is 11.6. The van der Waals surface area contributed by atoms with E-state index in [4.69, 9.17) is 9.84 Å². The van der Waals surface area contributed by atoms with Crippen molar-refractivity contribution in [3.05, 3.63) is 59.7 Å². The van der Waals surface area contributed by atoms with Crippen LogP contribution >= 0.6 is 0 Å². The van der Waals surface area contributed by atoms with E-state index >= 15 is 0 Å². The van der Waals surface area contributed by atoms with Crippen LogP contribution in [0.4, 0.5) is 4.79 Å². The van der Waals surface area contributed by atoms with E-state index in [-0.39, 0.29) is 24.9 Å². The quantitative estimate of drug-likeness (QED) is 0.467. The number of benzene rings is 2. The van der Waals surface area contributed by atoms with Crippen LogP contribution in [0, 0.1) is 0 Å². The summed E-state index contributed by atoms with van der Waals surface area (Å²) in [5, 5.41) is 14.5. The topological polar surface area (TPSA) is 105 Å². The Hall–Kier alpha value is -3.35. The molecular formula is C26H32N2O5. The van der Waals surface area contributed by atoms with E-state index in [2.05, 4.69) is 22.8 Å². The minimum atomic E-state index is -0.967. The number of amides is 2. The monoisotopic (exact) mass is 452 g/mol. The van der Waals surface area contributed by atoms with Crippen LogP contribution in [0.25, 0.3) is 11.1 Å². The first kappa shape index (κ1) is 24.3. The molecule has 0 aromatic heterocycles. The molecule has 0 saturated heterocycles. The molecule has 2 aromatic rings. The number of carbonyl (C=O) groups is 3. The minimum Gasteiger partial charge on any atom is -0.481 e. The Morgan fingerprint density at radius 3 is 2.03 bits per heavy atom. The lowest BCUT2D eigenvalue weighted by atomic mass is 9.98. The number of aliphatic carboxylic acids is 1. The molecule has 0 radical (unpaired) electrons. The van der Waals surface area contributed by atoms with Gasteiger partial charge in [-0.3, -0.25) is 9.59 Å². The first-order valence-corrected chi connectivity index (χ1v) is 11.6. The highest BCUT2D eigenvalue weighted by Gasteiger charge is 2.30. The molecule has 0 spiro atoms. The van der Waals surface area contributed by atoms with Gasteiger partial charge in [0.1, 0.15) is 12.6 Å². The summed E-state index contributed by atoms with van der Waals surface area (Å²) in [7, 11) is 0. The Morgan fingerprint density at radius 2 is 1.48 bits per heavy atom. The van der Waals surface area contributed by atoms with E-state index < -0.39 is 24.1 Å². The molecule has 0 saturated carbocycles. The van der Waals surface area contributed by atoms with Gasteiger partial charge in [-0.05, 0) is 35.1 Å². The predicted octanol–water partition coefficient (Wildman–Crippen LogP) is 4.45. The van der Waals surface area contributed by atoms with Crippen LogP contribution in [0.5, 0.6) is 0 Å². The fourth-order valence-electron chi connectivity index (χ4n) is 4.43. The van der Waals surface area contributed by atoms with Crippen molar-refractivity contribution >= 4 is 18.0 Å². The number of alkyl carbamates (subject to hydrolysis) is 1. The molecule has 3 rings (SSSR count). The van der Waals surface area contributed by atoms with E-state index in [0.29, 0.717) is 19.3 Å². The zero-order valence-corrected chi connectivity index (χ0v) is 19.2. The van der Waals surface area contributed by atoms with Gasteiger partial charge >= 0.3 is 12.1 Å². The highest BCUT2D eigenvalue weighted by molar-refractivity contribution is 5.86. The average Bonchev–Trinajstić information content (AvgIpc) is 3.11. The van der Waals surface area contributed by atoms with Gasteiger partial charge in [-0.1, -0.05) is 75.2 Å². The van der Waals surface area contributed by atoms with Gasteiger partial charge < -0.3 is 20.5 Å². The second kappa shape index (κ2) is 11.5. The Morgan fingerprint density at radius 1 is 0.909 bits per heavy atom. The smallest absolute Gasteiger partial charge is 0.407 e. The van der Waals surface area contributed by atoms with Gasteiger partial charge in [-0.15, -0.1) is 0 Å². The largest absolute Gasteiger partial charge is 0.481 e.